The Kier molecular flexibility index (Phi) is 4.94. The van der Waals surface area contributed by atoms with E-state index in [1.54, 1.807) is 30.3 Å². The Morgan fingerprint density at radius 1 is 0.800 bits per heavy atom. The van der Waals surface area contributed by atoms with Gasteiger partial charge in [0.15, 0.2) is 17.5 Å². The van der Waals surface area contributed by atoms with Gasteiger partial charge in [-0.3, -0.25) is 0 Å². The van der Waals surface area contributed by atoms with Gasteiger partial charge < -0.3 is 0 Å². The van der Waals surface area contributed by atoms with Gasteiger partial charge in [0.1, 0.15) is 23.3 Å². The lowest BCUT2D eigenvalue weighted by Gasteiger charge is -2.09. The molecule has 0 radical (unpaired) electrons. The maximum Gasteiger partial charge on any atom is 0.177 e. The number of nitrogens with zero attached hydrogens (tertiary/aromatic N) is 4. The third-order valence-corrected chi connectivity index (χ3v) is 4.42. The Labute approximate surface area is 168 Å². The number of nitriles is 1. The maximum atomic E-state index is 14.0. The summed E-state index contributed by atoms with van der Waals surface area (Å²) < 4.78 is 54.6. The Morgan fingerprint density at radius 2 is 1.60 bits per heavy atom. The molecule has 0 amide bonds. The van der Waals surface area contributed by atoms with E-state index >= 15 is 0 Å². The summed E-state index contributed by atoms with van der Waals surface area (Å²) >= 11 is 0. The Balaban J connectivity index is 1.79. The standard InChI is InChI=1S/C22H10F4N4/c23-15-8-19(25)22(28-11-15)20-7-14(10-29-30-20)12-2-1-3-13(6-12)16-4-5-18(24)21(26)17(16)9-27/h1-8,10-11H. The zero-order chi connectivity index (χ0) is 21.3. The predicted octanol–water partition coefficient (Wildman–Crippen LogP) is 5.30. The maximum absolute atomic E-state index is 14.0. The van der Waals surface area contributed by atoms with Crippen LogP contribution in [0.25, 0.3) is 33.6 Å². The molecule has 4 aromatic rings. The summed E-state index contributed by atoms with van der Waals surface area (Å²) in [5.41, 5.74) is 1.39. The SMILES string of the molecule is N#Cc1c(-c2cccc(-c3cnnc(-c4ncc(F)cc4F)c3)c2)ccc(F)c1F. The molecule has 4 rings (SSSR count). The van der Waals surface area contributed by atoms with Crippen LogP contribution >= 0.6 is 0 Å². The second-order valence-electron chi connectivity index (χ2n) is 6.29. The Bertz CT molecular complexity index is 1320. The van der Waals surface area contributed by atoms with Gasteiger partial charge in [0.25, 0.3) is 0 Å². The summed E-state index contributed by atoms with van der Waals surface area (Å²) in [6.45, 7) is 0. The number of aromatic nitrogens is 3. The van der Waals surface area contributed by atoms with Crippen molar-refractivity contribution < 1.29 is 17.6 Å². The van der Waals surface area contributed by atoms with Gasteiger partial charge in [-0.2, -0.15) is 10.4 Å². The highest BCUT2D eigenvalue weighted by atomic mass is 19.2. The van der Waals surface area contributed by atoms with Gasteiger partial charge in [-0.1, -0.05) is 18.2 Å². The van der Waals surface area contributed by atoms with Gasteiger partial charge in [0.2, 0.25) is 0 Å². The molecule has 2 aromatic heterocycles. The molecule has 0 aliphatic heterocycles. The van der Waals surface area contributed by atoms with Gasteiger partial charge in [-0.25, -0.2) is 22.5 Å². The fraction of sp³-hybridized carbons (Fsp3) is 0. The highest BCUT2D eigenvalue weighted by molar-refractivity contribution is 5.77. The number of hydrogen-bond acceptors (Lipinski definition) is 4. The fourth-order valence-corrected chi connectivity index (χ4v) is 3.01. The zero-order valence-electron chi connectivity index (χ0n) is 15.1. The first-order chi connectivity index (χ1) is 14.5. The van der Waals surface area contributed by atoms with Crippen LogP contribution in [-0.2, 0) is 0 Å². The zero-order valence-corrected chi connectivity index (χ0v) is 15.1. The highest BCUT2D eigenvalue weighted by Crippen LogP contribution is 2.31. The molecule has 30 heavy (non-hydrogen) atoms. The van der Waals surface area contributed by atoms with Crippen LogP contribution in [0.15, 0.2) is 60.9 Å². The summed E-state index contributed by atoms with van der Waals surface area (Å²) in [7, 11) is 0. The van der Waals surface area contributed by atoms with Crippen molar-refractivity contribution in [3.63, 3.8) is 0 Å². The van der Waals surface area contributed by atoms with Crippen molar-refractivity contribution in [2.75, 3.05) is 0 Å². The van der Waals surface area contributed by atoms with Crippen molar-refractivity contribution in [1.82, 2.24) is 15.2 Å². The first-order valence-electron chi connectivity index (χ1n) is 8.61. The van der Waals surface area contributed by atoms with Crippen LogP contribution in [0.1, 0.15) is 5.56 Å². The van der Waals surface area contributed by atoms with Crippen molar-refractivity contribution in [2.24, 2.45) is 0 Å². The van der Waals surface area contributed by atoms with E-state index in [1.165, 1.54) is 18.3 Å². The lowest BCUT2D eigenvalue weighted by atomic mass is 9.96. The molecule has 146 valence electrons. The van der Waals surface area contributed by atoms with Crippen LogP contribution < -0.4 is 0 Å². The van der Waals surface area contributed by atoms with Gasteiger partial charge >= 0.3 is 0 Å². The smallest absolute Gasteiger partial charge is 0.177 e. The number of benzene rings is 2. The molecule has 2 aromatic carbocycles. The average molecular weight is 406 g/mol. The Morgan fingerprint density at radius 3 is 2.37 bits per heavy atom. The molecular formula is C22H10F4N4. The van der Waals surface area contributed by atoms with Crippen molar-refractivity contribution in [1.29, 1.82) is 5.26 Å². The van der Waals surface area contributed by atoms with E-state index in [4.69, 9.17) is 0 Å². The summed E-state index contributed by atoms with van der Waals surface area (Å²) in [6.07, 6.45) is 2.31. The third kappa shape index (κ3) is 3.49. The van der Waals surface area contributed by atoms with E-state index in [1.807, 2.05) is 0 Å². The minimum Gasteiger partial charge on any atom is -0.248 e. The van der Waals surface area contributed by atoms with Crippen LogP contribution in [-0.4, -0.2) is 15.2 Å². The average Bonchev–Trinajstić information content (AvgIpc) is 2.75. The molecule has 0 atom stereocenters. The molecule has 0 N–H and O–H groups in total. The molecule has 0 saturated carbocycles. The van der Waals surface area contributed by atoms with E-state index in [9.17, 15) is 22.8 Å². The number of halogens is 4. The summed E-state index contributed by atoms with van der Waals surface area (Å²) in [5.74, 6) is -4.02. The minimum absolute atomic E-state index is 0.0981. The van der Waals surface area contributed by atoms with E-state index in [0.717, 1.165) is 12.3 Å². The molecule has 8 heteroatoms. The van der Waals surface area contributed by atoms with E-state index in [2.05, 4.69) is 15.2 Å². The highest BCUT2D eigenvalue weighted by Gasteiger charge is 2.16. The van der Waals surface area contributed by atoms with Gasteiger partial charge in [-0.15, -0.1) is 5.10 Å². The van der Waals surface area contributed by atoms with Gasteiger partial charge in [0, 0.05) is 17.2 Å². The van der Waals surface area contributed by atoms with Crippen LogP contribution in [0.2, 0.25) is 0 Å². The van der Waals surface area contributed by atoms with E-state index in [-0.39, 0.29) is 17.0 Å². The fourth-order valence-electron chi connectivity index (χ4n) is 3.01. The number of rotatable bonds is 3. The number of hydrogen-bond donors (Lipinski definition) is 0. The first kappa shape index (κ1) is 19.2. The summed E-state index contributed by atoms with van der Waals surface area (Å²) in [4.78, 5) is 3.72. The molecular weight excluding hydrogens is 396 g/mol. The summed E-state index contributed by atoms with van der Waals surface area (Å²) in [6, 6.07) is 12.9. The van der Waals surface area contributed by atoms with Crippen molar-refractivity contribution in [3.8, 4) is 39.7 Å². The largest absolute Gasteiger partial charge is 0.248 e. The van der Waals surface area contributed by atoms with E-state index in [0.29, 0.717) is 22.8 Å². The second kappa shape index (κ2) is 7.72. The Hall–Kier alpha value is -4.12. The first-order valence-corrected chi connectivity index (χ1v) is 8.61. The molecule has 0 aliphatic carbocycles. The van der Waals surface area contributed by atoms with Crippen LogP contribution in [0.5, 0.6) is 0 Å². The molecule has 0 bridgehead atoms. The molecule has 4 nitrogen and oxygen atoms in total. The normalized spacial score (nSPS) is 10.6. The molecule has 0 fully saturated rings. The summed E-state index contributed by atoms with van der Waals surface area (Å²) in [5, 5.41) is 16.9. The van der Waals surface area contributed by atoms with E-state index < -0.39 is 28.8 Å². The minimum atomic E-state index is -1.22. The molecule has 2 heterocycles. The van der Waals surface area contributed by atoms with Gasteiger partial charge in [-0.05, 0) is 35.4 Å². The van der Waals surface area contributed by atoms with Crippen LogP contribution in [0.4, 0.5) is 17.6 Å². The van der Waals surface area contributed by atoms with Crippen LogP contribution in [0.3, 0.4) is 0 Å². The molecule has 0 saturated heterocycles. The third-order valence-electron chi connectivity index (χ3n) is 4.42. The topological polar surface area (TPSA) is 62.5 Å². The van der Waals surface area contributed by atoms with Crippen molar-refractivity contribution in [3.05, 3.63) is 89.8 Å². The predicted molar refractivity (Wildman–Crippen MR) is 101 cm³/mol. The monoisotopic (exact) mass is 406 g/mol. The molecule has 0 unspecified atom stereocenters. The van der Waals surface area contributed by atoms with Gasteiger partial charge in [0.05, 0.1) is 18.0 Å². The number of pyridine rings is 1. The lowest BCUT2D eigenvalue weighted by molar-refractivity contribution is 0.507. The molecule has 0 spiro atoms. The quantitative estimate of drug-likeness (QED) is 0.433. The molecule has 0 aliphatic rings. The van der Waals surface area contributed by atoms with Crippen molar-refractivity contribution in [2.45, 2.75) is 0 Å². The van der Waals surface area contributed by atoms with Crippen molar-refractivity contribution >= 4 is 0 Å². The second-order valence-corrected chi connectivity index (χ2v) is 6.29. The van der Waals surface area contributed by atoms with Crippen LogP contribution in [0, 0.1) is 34.6 Å². The lowest BCUT2D eigenvalue weighted by Crippen LogP contribution is -1.96.